The van der Waals surface area contributed by atoms with Crippen LogP contribution in [0.4, 0.5) is 0 Å². The Morgan fingerprint density at radius 2 is 1.97 bits per heavy atom. The van der Waals surface area contributed by atoms with E-state index in [0.717, 1.165) is 0 Å². The van der Waals surface area contributed by atoms with Gasteiger partial charge in [-0.15, -0.1) is 0 Å². The Kier molecular flexibility index (Phi) is 6.42. The third-order valence-corrected chi connectivity index (χ3v) is 3.91. The lowest BCUT2D eigenvalue weighted by Gasteiger charge is -2.07. The van der Waals surface area contributed by atoms with E-state index < -0.39 is 11.8 Å². The van der Waals surface area contributed by atoms with Gasteiger partial charge in [0.1, 0.15) is 5.71 Å². The van der Waals surface area contributed by atoms with Gasteiger partial charge in [0.25, 0.3) is 5.91 Å². The predicted molar refractivity (Wildman–Crippen MR) is 104 cm³/mol. The lowest BCUT2D eigenvalue weighted by molar-refractivity contribution is -0.115. The molecule has 0 aliphatic heterocycles. The van der Waals surface area contributed by atoms with E-state index in [4.69, 9.17) is 18.4 Å². The van der Waals surface area contributed by atoms with Crippen LogP contribution < -0.4 is 20.2 Å². The number of nitrogens with zero attached hydrogens (tertiary/aromatic N) is 3. The molecule has 3 aromatic rings. The Labute approximate surface area is 171 Å². The third kappa shape index (κ3) is 4.82. The summed E-state index contributed by atoms with van der Waals surface area (Å²) in [4.78, 5) is 28.1. The average Bonchev–Trinajstić information content (AvgIpc) is 3.47. The molecule has 2 N–H and O–H groups in total. The Balaban J connectivity index is 1.57. The Morgan fingerprint density at radius 3 is 2.67 bits per heavy atom. The summed E-state index contributed by atoms with van der Waals surface area (Å²) in [5, 5.41) is 10.2. The van der Waals surface area contributed by atoms with E-state index in [-0.39, 0.29) is 23.9 Å². The summed E-state index contributed by atoms with van der Waals surface area (Å²) >= 11 is 0. The van der Waals surface area contributed by atoms with Crippen LogP contribution in [0.25, 0.3) is 11.4 Å². The molecular formula is C19H19N5O6. The fourth-order valence-electron chi connectivity index (χ4n) is 2.35. The second-order valence-corrected chi connectivity index (χ2v) is 5.88. The number of rotatable bonds is 8. The number of furan rings is 1. The second kappa shape index (κ2) is 9.37. The minimum absolute atomic E-state index is 0.0158. The highest BCUT2D eigenvalue weighted by atomic mass is 16.5. The van der Waals surface area contributed by atoms with Crippen molar-refractivity contribution in [3.05, 3.63) is 48.2 Å². The molecule has 2 heterocycles. The van der Waals surface area contributed by atoms with E-state index in [1.165, 1.54) is 26.4 Å². The standard InChI is InChI=1S/C19H19N5O6/c1-11(22-23-19(26)14-5-4-8-29-14)18(25)20-10-16-21-17(24-30-16)12-6-7-13(27-2)15(9-12)28-3/h4-9H,10H2,1-3H3,(H,20,25)(H,23,26)/b22-11+. The quantitative estimate of drug-likeness (QED) is 0.420. The Morgan fingerprint density at radius 1 is 1.17 bits per heavy atom. The van der Waals surface area contributed by atoms with Gasteiger partial charge in [0.15, 0.2) is 17.3 Å². The number of amides is 2. The van der Waals surface area contributed by atoms with Crippen molar-refractivity contribution in [3.63, 3.8) is 0 Å². The van der Waals surface area contributed by atoms with E-state index in [1.807, 2.05) is 0 Å². The van der Waals surface area contributed by atoms with Gasteiger partial charge in [-0.1, -0.05) is 5.16 Å². The fraction of sp³-hybridized carbons (Fsp3) is 0.211. The van der Waals surface area contributed by atoms with Crippen molar-refractivity contribution in [2.75, 3.05) is 14.2 Å². The predicted octanol–water partition coefficient (Wildman–Crippen LogP) is 1.77. The maximum atomic E-state index is 12.1. The Bertz CT molecular complexity index is 1060. The molecule has 0 atom stereocenters. The van der Waals surface area contributed by atoms with Crippen LogP contribution in [0.3, 0.4) is 0 Å². The summed E-state index contributed by atoms with van der Waals surface area (Å²) in [5.74, 6) is 0.630. The smallest absolute Gasteiger partial charge is 0.307 e. The lowest BCUT2D eigenvalue weighted by atomic mass is 10.2. The molecule has 2 aromatic heterocycles. The monoisotopic (exact) mass is 413 g/mol. The van der Waals surface area contributed by atoms with Gasteiger partial charge in [0.2, 0.25) is 11.7 Å². The van der Waals surface area contributed by atoms with Crippen molar-refractivity contribution < 1.29 is 28.0 Å². The minimum atomic E-state index is -0.566. The van der Waals surface area contributed by atoms with Crippen LogP contribution in [-0.2, 0) is 11.3 Å². The van der Waals surface area contributed by atoms with Gasteiger partial charge < -0.3 is 23.7 Å². The number of aromatic nitrogens is 2. The molecule has 0 saturated heterocycles. The zero-order valence-electron chi connectivity index (χ0n) is 16.5. The number of carbonyl (C=O) groups excluding carboxylic acids is 2. The summed E-state index contributed by atoms with van der Waals surface area (Å²) in [6.45, 7) is 1.43. The van der Waals surface area contributed by atoms with Gasteiger partial charge in [0.05, 0.1) is 27.0 Å². The van der Waals surface area contributed by atoms with E-state index in [0.29, 0.717) is 22.9 Å². The first kappa shape index (κ1) is 20.6. The lowest BCUT2D eigenvalue weighted by Crippen LogP contribution is -2.31. The SMILES string of the molecule is COc1ccc(-c2noc(CNC(=O)/C(C)=N/NC(=O)c3ccco3)n2)cc1OC. The summed E-state index contributed by atoms with van der Waals surface area (Å²) < 4.78 is 20.5. The summed E-state index contributed by atoms with van der Waals surface area (Å²) in [6, 6.07) is 8.24. The molecular weight excluding hydrogens is 394 g/mol. The Hall–Kier alpha value is -4.15. The number of hydrogen-bond acceptors (Lipinski definition) is 9. The van der Waals surface area contributed by atoms with E-state index >= 15 is 0 Å². The van der Waals surface area contributed by atoms with Crippen LogP contribution in [0, 0.1) is 0 Å². The summed E-state index contributed by atoms with van der Waals surface area (Å²) in [7, 11) is 3.07. The van der Waals surface area contributed by atoms with Gasteiger partial charge in [-0.3, -0.25) is 9.59 Å². The molecule has 0 aliphatic carbocycles. The van der Waals surface area contributed by atoms with Gasteiger partial charge in [-0.25, -0.2) is 5.43 Å². The van der Waals surface area contributed by atoms with Gasteiger partial charge in [-0.05, 0) is 37.3 Å². The molecule has 30 heavy (non-hydrogen) atoms. The van der Waals surface area contributed by atoms with Gasteiger partial charge in [0, 0.05) is 5.56 Å². The molecule has 3 rings (SSSR count). The van der Waals surface area contributed by atoms with Crippen LogP contribution in [0.2, 0.25) is 0 Å². The van der Waals surface area contributed by atoms with Crippen molar-refractivity contribution in [2.24, 2.45) is 5.10 Å². The number of nitrogens with one attached hydrogen (secondary N) is 2. The highest BCUT2D eigenvalue weighted by Crippen LogP contribution is 2.31. The first-order valence-corrected chi connectivity index (χ1v) is 8.73. The number of ether oxygens (including phenoxy) is 2. The van der Waals surface area contributed by atoms with Crippen molar-refractivity contribution in [1.82, 2.24) is 20.9 Å². The maximum Gasteiger partial charge on any atom is 0.307 e. The van der Waals surface area contributed by atoms with Crippen molar-refractivity contribution in [2.45, 2.75) is 13.5 Å². The highest BCUT2D eigenvalue weighted by molar-refractivity contribution is 6.37. The summed E-state index contributed by atoms with van der Waals surface area (Å²) in [5.41, 5.74) is 2.93. The minimum Gasteiger partial charge on any atom is -0.493 e. The van der Waals surface area contributed by atoms with Crippen LogP contribution in [0.15, 0.2) is 50.6 Å². The molecule has 1 aromatic carbocycles. The topological polar surface area (TPSA) is 141 Å². The van der Waals surface area contributed by atoms with Crippen molar-refractivity contribution >= 4 is 17.5 Å². The van der Waals surface area contributed by atoms with Gasteiger partial charge >= 0.3 is 5.91 Å². The van der Waals surface area contributed by atoms with E-state index in [2.05, 4.69) is 26.0 Å². The molecule has 0 unspecified atom stereocenters. The molecule has 11 nitrogen and oxygen atoms in total. The number of hydrazone groups is 1. The first-order chi connectivity index (χ1) is 14.5. The zero-order chi connectivity index (χ0) is 21.5. The fourth-order valence-corrected chi connectivity index (χ4v) is 2.35. The van der Waals surface area contributed by atoms with Crippen LogP contribution >= 0.6 is 0 Å². The number of methoxy groups -OCH3 is 2. The van der Waals surface area contributed by atoms with E-state index in [1.54, 1.807) is 31.4 Å². The van der Waals surface area contributed by atoms with Crippen LogP contribution in [-0.4, -0.2) is 41.9 Å². The van der Waals surface area contributed by atoms with Crippen LogP contribution in [0.1, 0.15) is 23.4 Å². The van der Waals surface area contributed by atoms with Crippen molar-refractivity contribution in [3.8, 4) is 22.9 Å². The van der Waals surface area contributed by atoms with Crippen LogP contribution in [0.5, 0.6) is 11.5 Å². The largest absolute Gasteiger partial charge is 0.493 e. The second-order valence-electron chi connectivity index (χ2n) is 5.88. The molecule has 0 bridgehead atoms. The molecule has 0 saturated carbocycles. The summed E-state index contributed by atoms with van der Waals surface area (Å²) in [6.07, 6.45) is 1.36. The number of hydrogen-bond donors (Lipinski definition) is 2. The molecule has 0 radical (unpaired) electrons. The molecule has 0 fully saturated rings. The zero-order valence-corrected chi connectivity index (χ0v) is 16.5. The van der Waals surface area contributed by atoms with E-state index in [9.17, 15) is 9.59 Å². The normalized spacial score (nSPS) is 11.1. The average molecular weight is 413 g/mol. The molecule has 0 spiro atoms. The molecule has 156 valence electrons. The third-order valence-electron chi connectivity index (χ3n) is 3.91. The molecule has 11 heteroatoms. The molecule has 0 aliphatic rings. The van der Waals surface area contributed by atoms with Crippen molar-refractivity contribution in [1.29, 1.82) is 0 Å². The van der Waals surface area contributed by atoms with Gasteiger partial charge in [-0.2, -0.15) is 10.1 Å². The number of carbonyl (C=O) groups is 2. The highest BCUT2D eigenvalue weighted by Gasteiger charge is 2.14. The first-order valence-electron chi connectivity index (χ1n) is 8.73. The maximum absolute atomic E-state index is 12.1. The number of benzene rings is 1. The molecule has 2 amide bonds.